The lowest BCUT2D eigenvalue weighted by Crippen LogP contribution is -2.49. The highest BCUT2D eigenvalue weighted by molar-refractivity contribution is 8.00. The average Bonchev–Trinajstić information content (AvgIpc) is 2.83. The molecule has 2 saturated heterocycles. The maximum atomic E-state index is 12.6. The lowest BCUT2D eigenvalue weighted by Gasteiger charge is -2.32. The Labute approximate surface area is 117 Å². The molecule has 108 valence electrons. The minimum absolute atomic E-state index is 0.0144. The second kappa shape index (κ2) is 6.61. The van der Waals surface area contributed by atoms with Crippen LogP contribution < -0.4 is 0 Å². The van der Waals surface area contributed by atoms with E-state index in [0.29, 0.717) is 19.0 Å². The van der Waals surface area contributed by atoms with Crippen LogP contribution in [0.1, 0.15) is 32.6 Å². The van der Waals surface area contributed by atoms with E-state index in [2.05, 4.69) is 6.92 Å². The van der Waals surface area contributed by atoms with E-state index in [0.717, 1.165) is 25.7 Å². The van der Waals surface area contributed by atoms with Crippen LogP contribution in [0.4, 0.5) is 0 Å². The van der Waals surface area contributed by atoms with Crippen LogP contribution in [-0.2, 0) is 14.3 Å². The fourth-order valence-electron chi connectivity index (χ4n) is 2.66. The van der Waals surface area contributed by atoms with Gasteiger partial charge in [-0.3, -0.25) is 4.79 Å². The number of thioether (sulfide) groups is 1. The number of carbonyl (C=O) groups is 2. The van der Waals surface area contributed by atoms with Crippen molar-refractivity contribution in [3.8, 4) is 0 Å². The van der Waals surface area contributed by atoms with Crippen molar-refractivity contribution in [2.45, 2.75) is 44.0 Å². The number of amides is 1. The first-order valence-corrected chi connectivity index (χ1v) is 7.94. The van der Waals surface area contributed by atoms with Crippen LogP contribution in [0.15, 0.2) is 0 Å². The van der Waals surface area contributed by atoms with Crippen molar-refractivity contribution in [2.75, 3.05) is 19.0 Å². The number of nitrogens with zero attached hydrogens (tertiary/aromatic N) is 1. The molecule has 0 aromatic heterocycles. The van der Waals surface area contributed by atoms with Crippen molar-refractivity contribution in [1.29, 1.82) is 0 Å². The molecule has 0 aliphatic carbocycles. The third-order valence-corrected chi connectivity index (χ3v) is 5.03. The largest absolute Gasteiger partial charge is 0.480 e. The summed E-state index contributed by atoms with van der Waals surface area (Å²) in [4.78, 5) is 25.5. The number of rotatable bonds is 4. The van der Waals surface area contributed by atoms with Gasteiger partial charge in [0, 0.05) is 12.4 Å². The highest BCUT2D eigenvalue weighted by atomic mass is 32.2. The molecule has 0 saturated carbocycles. The van der Waals surface area contributed by atoms with Crippen molar-refractivity contribution in [1.82, 2.24) is 4.90 Å². The number of carboxylic acids is 1. The summed E-state index contributed by atoms with van der Waals surface area (Å²) in [6, 6.07) is -0.670. The summed E-state index contributed by atoms with van der Waals surface area (Å²) in [5.41, 5.74) is 0. The van der Waals surface area contributed by atoms with Crippen LogP contribution in [0.2, 0.25) is 0 Å². The summed E-state index contributed by atoms with van der Waals surface area (Å²) < 4.78 is 5.35. The molecule has 0 spiro atoms. The normalized spacial score (nSPS) is 31.4. The Bertz CT molecular complexity index is 344. The summed E-state index contributed by atoms with van der Waals surface area (Å²) in [6.45, 7) is 3.20. The first-order chi connectivity index (χ1) is 9.15. The van der Waals surface area contributed by atoms with Gasteiger partial charge in [0.05, 0.1) is 17.9 Å². The average molecular weight is 287 g/mol. The van der Waals surface area contributed by atoms with Gasteiger partial charge in [0.2, 0.25) is 5.91 Å². The Morgan fingerprint density at radius 2 is 2.26 bits per heavy atom. The molecule has 5 nitrogen and oxygen atoms in total. The molecule has 0 aromatic rings. The Kier molecular flexibility index (Phi) is 5.10. The minimum atomic E-state index is -0.892. The Morgan fingerprint density at radius 1 is 1.47 bits per heavy atom. The molecular weight excluding hydrogens is 266 g/mol. The van der Waals surface area contributed by atoms with E-state index in [9.17, 15) is 14.7 Å². The molecule has 6 heteroatoms. The Hall–Kier alpha value is -0.750. The van der Waals surface area contributed by atoms with Gasteiger partial charge >= 0.3 is 5.97 Å². The summed E-state index contributed by atoms with van der Waals surface area (Å²) in [6.07, 6.45) is 3.50. The molecule has 0 aromatic carbocycles. The molecule has 2 aliphatic heterocycles. The van der Waals surface area contributed by atoms with E-state index in [4.69, 9.17) is 4.74 Å². The lowest BCUT2D eigenvalue weighted by molar-refractivity contribution is -0.153. The number of ether oxygens (including phenoxy) is 1. The van der Waals surface area contributed by atoms with Crippen LogP contribution >= 0.6 is 11.8 Å². The van der Waals surface area contributed by atoms with Crippen molar-refractivity contribution in [2.24, 2.45) is 5.92 Å². The molecule has 0 bridgehead atoms. The standard InChI is InChI=1S/C13H21NO4S/c1-2-4-11-14(10(8-19-11)13(16)17)12(15)9-5-3-6-18-7-9/h9-11H,2-8H2,1H3,(H,16,17). The van der Waals surface area contributed by atoms with Crippen LogP contribution in [-0.4, -0.2) is 52.3 Å². The van der Waals surface area contributed by atoms with Gasteiger partial charge < -0.3 is 14.7 Å². The molecular formula is C13H21NO4S. The first kappa shape index (κ1) is 14.7. The van der Waals surface area contributed by atoms with Crippen LogP contribution in [0.25, 0.3) is 0 Å². The fourth-order valence-corrected chi connectivity index (χ4v) is 4.19. The molecule has 2 aliphatic rings. The number of hydrogen-bond donors (Lipinski definition) is 1. The lowest BCUT2D eigenvalue weighted by atomic mass is 9.99. The van der Waals surface area contributed by atoms with Gasteiger partial charge in [-0.2, -0.15) is 0 Å². The van der Waals surface area contributed by atoms with E-state index in [1.165, 1.54) is 0 Å². The maximum Gasteiger partial charge on any atom is 0.327 e. The second-order valence-corrected chi connectivity index (χ2v) is 6.30. The molecule has 2 heterocycles. The number of carboxylic acid groups (broad SMARTS) is 1. The maximum absolute atomic E-state index is 12.6. The minimum Gasteiger partial charge on any atom is -0.480 e. The zero-order valence-corrected chi connectivity index (χ0v) is 12.0. The van der Waals surface area contributed by atoms with E-state index in [1.807, 2.05) is 0 Å². The third kappa shape index (κ3) is 3.23. The quantitative estimate of drug-likeness (QED) is 0.850. The molecule has 3 unspecified atom stereocenters. The molecule has 3 atom stereocenters. The highest BCUT2D eigenvalue weighted by Gasteiger charge is 2.43. The van der Waals surface area contributed by atoms with Crippen LogP contribution in [0.5, 0.6) is 0 Å². The SMILES string of the molecule is CCCC1SCC(C(=O)O)N1C(=O)C1CCCOC1. The monoisotopic (exact) mass is 287 g/mol. The number of aliphatic carboxylic acids is 1. The molecule has 19 heavy (non-hydrogen) atoms. The number of carbonyl (C=O) groups excluding carboxylic acids is 1. The van der Waals surface area contributed by atoms with E-state index in [1.54, 1.807) is 16.7 Å². The highest BCUT2D eigenvalue weighted by Crippen LogP contribution is 2.34. The van der Waals surface area contributed by atoms with Crippen molar-refractivity contribution >= 4 is 23.6 Å². The molecule has 1 amide bonds. The van der Waals surface area contributed by atoms with E-state index in [-0.39, 0.29) is 17.2 Å². The predicted octanol–water partition coefficient (Wildman–Crippen LogP) is 1.57. The Balaban J connectivity index is 2.10. The molecule has 1 N–H and O–H groups in total. The van der Waals surface area contributed by atoms with Gasteiger partial charge in [0.15, 0.2) is 0 Å². The van der Waals surface area contributed by atoms with Crippen molar-refractivity contribution < 1.29 is 19.4 Å². The molecule has 2 fully saturated rings. The van der Waals surface area contributed by atoms with Gasteiger partial charge in [0.25, 0.3) is 0 Å². The smallest absolute Gasteiger partial charge is 0.327 e. The topological polar surface area (TPSA) is 66.8 Å². The van der Waals surface area contributed by atoms with Crippen molar-refractivity contribution in [3.63, 3.8) is 0 Å². The van der Waals surface area contributed by atoms with Gasteiger partial charge in [0.1, 0.15) is 6.04 Å². The fraction of sp³-hybridized carbons (Fsp3) is 0.846. The molecule has 2 rings (SSSR count). The zero-order chi connectivity index (χ0) is 13.8. The van der Waals surface area contributed by atoms with Crippen molar-refractivity contribution in [3.05, 3.63) is 0 Å². The van der Waals surface area contributed by atoms with E-state index >= 15 is 0 Å². The second-order valence-electron chi connectivity index (χ2n) is 5.09. The van der Waals surface area contributed by atoms with Gasteiger partial charge in [-0.05, 0) is 19.3 Å². The third-order valence-electron chi connectivity index (χ3n) is 3.68. The van der Waals surface area contributed by atoms with E-state index < -0.39 is 12.0 Å². The van der Waals surface area contributed by atoms with Gasteiger partial charge in [-0.1, -0.05) is 13.3 Å². The van der Waals surface area contributed by atoms with Gasteiger partial charge in [-0.25, -0.2) is 4.79 Å². The summed E-state index contributed by atoms with van der Waals surface area (Å²) >= 11 is 1.59. The summed E-state index contributed by atoms with van der Waals surface area (Å²) in [7, 11) is 0. The van der Waals surface area contributed by atoms with Crippen LogP contribution in [0, 0.1) is 5.92 Å². The first-order valence-electron chi connectivity index (χ1n) is 6.89. The summed E-state index contributed by atoms with van der Waals surface area (Å²) in [5.74, 6) is -0.584. The predicted molar refractivity (Wildman–Crippen MR) is 73.0 cm³/mol. The Morgan fingerprint density at radius 3 is 2.84 bits per heavy atom. The van der Waals surface area contributed by atoms with Gasteiger partial charge in [-0.15, -0.1) is 11.8 Å². The summed E-state index contributed by atoms with van der Waals surface area (Å²) in [5, 5.41) is 9.29. The zero-order valence-electron chi connectivity index (χ0n) is 11.2. The number of hydrogen-bond acceptors (Lipinski definition) is 4. The molecule has 0 radical (unpaired) electrons. The van der Waals surface area contributed by atoms with Crippen LogP contribution in [0.3, 0.4) is 0 Å².